The van der Waals surface area contributed by atoms with E-state index in [2.05, 4.69) is 32.7 Å². The van der Waals surface area contributed by atoms with Crippen LogP contribution in [-0.4, -0.2) is 22.4 Å². The average molecular weight is 459 g/mol. The van der Waals surface area contributed by atoms with Gasteiger partial charge in [0.15, 0.2) is 0 Å². The van der Waals surface area contributed by atoms with Gasteiger partial charge in [-0.1, -0.05) is 6.07 Å². The maximum absolute atomic E-state index is 13.6. The Labute approximate surface area is 186 Å². The quantitative estimate of drug-likeness (QED) is 0.519. The number of aromatic nitrogens is 2. The van der Waals surface area contributed by atoms with Crippen LogP contribution in [-0.2, 0) is 19.1 Å². The van der Waals surface area contributed by atoms with Crippen molar-refractivity contribution < 1.29 is 18.0 Å². The SMILES string of the molecule is NC(=O)c1csc(-c2nc(Nc3cc4c(cc3C3CC3)CNCC4)ncc2C(F)(F)F)c1. The Morgan fingerprint density at radius 1 is 1.22 bits per heavy atom. The van der Waals surface area contributed by atoms with Gasteiger partial charge in [0.1, 0.15) is 5.56 Å². The van der Waals surface area contributed by atoms with Gasteiger partial charge in [0.2, 0.25) is 11.9 Å². The first-order valence-electron chi connectivity index (χ1n) is 10.3. The number of amides is 1. The molecule has 32 heavy (non-hydrogen) atoms. The molecule has 1 aliphatic heterocycles. The molecule has 0 bridgehead atoms. The molecule has 6 nitrogen and oxygen atoms in total. The zero-order chi connectivity index (χ0) is 22.5. The van der Waals surface area contributed by atoms with Gasteiger partial charge in [0, 0.05) is 23.8 Å². The lowest BCUT2D eigenvalue weighted by atomic mass is 9.95. The van der Waals surface area contributed by atoms with E-state index in [-0.39, 0.29) is 22.1 Å². The Bertz CT molecular complexity index is 1200. The molecule has 166 valence electrons. The van der Waals surface area contributed by atoms with Crippen LogP contribution in [0.15, 0.2) is 29.8 Å². The fourth-order valence-electron chi connectivity index (χ4n) is 3.94. The third-order valence-electron chi connectivity index (χ3n) is 5.73. The molecule has 2 aromatic heterocycles. The molecule has 0 atom stereocenters. The minimum Gasteiger partial charge on any atom is -0.366 e. The number of alkyl halides is 3. The lowest BCUT2D eigenvalue weighted by Crippen LogP contribution is -2.24. The van der Waals surface area contributed by atoms with E-state index >= 15 is 0 Å². The van der Waals surface area contributed by atoms with E-state index in [4.69, 9.17) is 5.73 Å². The van der Waals surface area contributed by atoms with E-state index in [1.807, 2.05) is 0 Å². The summed E-state index contributed by atoms with van der Waals surface area (Å²) in [7, 11) is 0. The van der Waals surface area contributed by atoms with E-state index in [0.29, 0.717) is 5.92 Å². The highest BCUT2D eigenvalue weighted by molar-refractivity contribution is 7.13. The zero-order valence-corrected chi connectivity index (χ0v) is 17.7. The first kappa shape index (κ1) is 20.9. The normalized spacial score (nSPS) is 16.0. The largest absolute Gasteiger partial charge is 0.420 e. The van der Waals surface area contributed by atoms with Gasteiger partial charge < -0.3 is 16.4 Å². The van der Waals surface area contributed by atoms with Crippen molar-refractivity contribution in [3.8, 4) is 10.6 Å². The number of carbonyl (C=O) groups excluding carboxylic acids is 1. The molecule has 0 spiro atoms. The Kier molecular flexibility index (Phi) is 5.13. The second-order valence-corrected chi connectivity index (χ2v) is 8.96. The molecule has 4 N–H and O–H groups in total. The number of thiophene rings is 1. The Balaban J connectivity index is 1.55. The molecular formula is C22H20F3N5OS. The summed E-state index contributed by atoms with van der Waals surface area (Å²) >= 11 is 0.987. The number of nitrogens with two attached hydrogens (primary N) is 1. The van der Waals surface area contributed by atoms with Crippen LogP contribution in [0.25, 0.3) is 10.6 Å². The van der Waals surface area contributed by atoms with Crippen LogP contribution in [0.4, 0.5) is 24.8 Å². The molecule has 1 fully saturated rings. The van der Waals surface area contributed by atoms with Crippen molar-refractivity contribution in [2.75, 3.05) is 11.9 Å². The number of benzene rings is 1. The highest BCUT2D eigenvalue weighted by atomic mass is 32.1. The fourth-order valence-corrected chi connectivity index (χ4v) is 4.84. The van der Waals surface area contributed by atoms with Gasteiger partial charge in [-0.2, -0.15) is 13.2 Å². The summed E-state index contributed by atoms with van der Waals surface area (Å²) in [5.74, 6) is -0.182. The predicted octanol–water partition coefficient (Wildman–Crippen LogP) is 4.59. The Morgan fingerprint density at radius 2 is 2.03 bits per heavy atom. The number of rotatable bonds is 5. The second kappa shape index (κ2) is 7.86. The number of hydrogen-bond acceptors (Lipinski definition) is 6. The summed E-state index contributed by atoms with van der Waals surface area (Å²) in [5, 5.41) is 7.96. The molecule has 1 saturated carbocycles. The van der Waals surface area contributed by atoms with Crippen molar-refractivity contribution in [2.45, 2.75) is 37.9 Å². The van der Waals surface area contributed by atoms with Crippen LogP contribution in [0.3, 0.4) is 0 Å². The van der Waals surface area contributed by atoms with Gasteiger partial charge in [-0.3, -0.25) is 4.79 Å². The number of nitrogens with one attached hydrogen (secondary N) is 2. The summed E-state index contributed by atoms with van der Waals surface area (Å²) in [6.07, 6.45) is -0.786. The molecule has 0 unspecified atom stereocenters. The maximum Gasteiger partial charge on any atom is 0.420 e. The first-order chi connectivity index (χ1) is 15.3. The molecule has 1 amide bonds. The molecule has 3 heterocycles. The summed E-state index contributed by atoms with van der Waals surface area (Å²) in [4.78, 5) is 19.8. The molecule has 5 rings (SSSR count). The van der Waals surface area contributed by atoms with Crippen molar-refractivity contribution in [1.82, 2.24) is 15.3 Å². The summed E-state index contributed by atoms with van der Waals surface area (Å²) in [6, 6.07) is 5.58. The van der Waals surface area contributed by atoms with Crippen LogP contribution >= 0.6 is 11.3 Å². The molecule has 3 aromatic rings. The molecule has 1 aliphatic carbocycles. The van der Waals surface area contributed by atoms with Crippen LogP contribution in [0.5, 0.6) is 0 Å². The van der Waals surface area contributed by atoms with Gasteiger partial charge in [-0.15, -0.1) is 11.3 Å². The number of fused-ring (bicyclic) bond motifs is 1. The van der Waals surface area contributed by atoms with Crippen molar-refractivity contribution in [2.24, 2.45) is 5.73 Å². The van der Waals surface area contributed by atoms with Crippen LogP contribution < -0.4 is 16.4 Å². The van der Waals surface area contributed by atoms with Crippen LogP contribution in [0, 0.1) is 0 Å². The van der Waals surface area contributed by atoms with Crippen molar-refractivity contribution in [3.63, 3.8) is 0 Å². The molecule has 10 heteroatoms. The molecule has 0 radical (unpaired) electrons. The predicted molar refractivity (Wildman–Crippen MR) is 116 cm³/mol. The number of halogens is 3. The smallest absolute Gasteiger partial charge is 0.366 e. The number of carbonyl (C=O) groups is 1. The Hall–Kier alpha value is -2.98. The van der Waals surface area contributed by atoms with E-state index in [1.165, 1.54) is 22.6 Å². The monoisotopic (exact) mass is 459 g/mol. The topological polar surface area (TPSA) is 92.9 Å². The number of hydrogen-bond donors (Lipinski definition) is 3. The lowest BCUT2D eigenvalue weighted by Gasteiger charge is -2.21. The zero-order valence-electron chi connectivity index (χ0n) is 16.9. The molecule has 0 saturated heterocycles. The minimum atomic E-state index is -4.64. The highest BCUT2D eigenvalue weighted by Crippen LogP contribution is 2.45. The van der Waals surface area contributed by atoms with Gasteiger partial charge in [0.05, 0.1) is 16.1 Å². The van der Waals surface area contributed by atoms with E-state index < -0.39 is 17.6 Å². The van der Waals surface area contributed by atoms with Crippen LogP contribution in [0.1, 0.15) is 51.4 Å². The molecule has 2 aliphatic rings. The summed E-state index contributed by atoms with van der Waals surface area (Å²) in [5.41, 5.74) is 8.63. The van der Waals surface area contributed by atoms with Gasteiger partial charge in [-0.25, -0.2) is 9.97 Å². The van der Waals surface area contributed by atoms with Gasteiger partial charge in [-0.05, 0) is 60.5 Å². The van der Waals surface area contributed by atoms with E-state index in [9.17, 15) is 18.0 Å². The third kappa shape index (κ3) is 4.07. The first-order valence-corrected chi connectivity index (χ1v) is 11.1. The van der Waals surface area contributed by atoms with Crippen molar-refractivity contribution >= 4 is 28.9 Å². The van der Waals surface area contributed by atoms with Crippen molar-refractivity contribution in [3.05, 3.63) is 57.6 Å². The van der Waals surface area contributed by atoms with E-state index in [1.54, 1.807) is 0 Å². The number of nitrogens with zero attached hydrogens (tertiary/aromatic N) is 2. The number of primary amides is 1. The number of anilines is 2. The fraction of sp³-hybridized carbons (Fsp3) is 0.318. The van der Waals surface area contributed by atoms with Crippen LogP contribution in [0.2, 0.25) is 0 Å². The van der Waals surface area contributed by atoms with E-state index in [0.717, 1.165) is 61.1 Å². The lowest BCUT2D eigenvalue weighted by molar-refractivity contribution is -0.137. The summed E-state index contributed by atoms with van der Waals surface area (Å²) in [6.45, 7) is 1.70. The summed E-state index contributed by atoms with van der Waals surface area (Å²) < 4.78 is 40.9. The van der Waals surface area contributed by atoms with Gasteiger partial charge >= 0.3 is 6.18 Å². The van der Waals surface area contributed by atoms with Crippen molar-refractivity contribution in [1.29, 1.82) is 0 Å². The third-order valence-corrected chi connectivity index (χ3v) is 6.67. The average Bonchev–Trinajstić information content (AvgIpc) is 3.47. The standard InChI is InChI=1S/C22H20F3N5OS/c23-22(24,25)16-9-28-21(30-19(16)18-7-14(10-32-18)20(26)31)29-17-6-12-3-4-27-8-13(12)5-15(17)11-1-2-11/h5-7,9-11,27H,1-4,8H2,(H2,26,31)(H,28,29,30). The van der Waals surface area contributed by atoms with Gasteiger partial charge in [0.25, 0.3) is 0 Å². The minimum absolute atomic E-state index is 0.0813. The highest BCUT2D eigenvalue weighted by Gasteiger charge is 2.36. The Morgan fingerprint density at radius 3 is 2.72 bits per heavy atom. The molecule has 1 aromatic carbocycles. The maximum atomic E-state index is 13.6. The second-order valence-electron chi connectivity index (χ2n) is 8.05. The molecular weight excluding hydrogens is 439 g/mol.